The molecule has 0 unspecified atom stereocenters. The number of ether oxygens (including phenoxy) is 1. The summed E-state index contributed by atoms with van der Waals surface area (Å²) in [4.78, 5) is 28.9. The molecule has 1 saturated carbocycles. The molecule has 2 amide bonds. The zero-order valence-electron chi connectivity index (χ0n) is 23.6. The molecule has 0 radical (unpaired) electrons. The van der Waals surface area contributed by atoms with Crippen LogP contribution in [0.3, 0.4) is 0 Å². The first-order chi connectivity index (χ1) is 20.1. The summed E-state index contributed by atoms with van der Waals surface area (Å²) < 4.78 is 34.1. The van der Waals surface area contributed by atoms with E-state index in [1.807, 2.05) is 6.07 Å². The summed E-state index contributed by atoms with van der Waals surface area (Å²) >= 11 is 12.4. The molecule has 1 N–H and O–H groups in total. The molecule has 224 valence electrons. The Morgan fingerprint density at radius 3 is 2.33 bits per heavy atom. The monoisotopic (exact) mass is 631 g/mol. The van der Waals surface area contributed by atoms with E-state index in [1.165, 1.54) is 35.2 Å². The molecule has 42 heavy (non-hydrogen) atoms. The number of hydrogen-bond donors (Lipinski definition) is 1. The van der Waals surface area contributed by atoms with Crippen LogP contribution in [0.25, 0.3) is 0 Å². The van der Waals surface area contributed by atoms with Crippen molar-refractivity contribution in [1.29, 1.82) is 0 Å². The third kappa shape index (κ3) is 7.76. The molecule has 0 saturated heterocycles. The quantitative estimate of drug-likeness (QED) is 0.277. The van der Waals surface area contributed by atoms with E-state index in [2.05, 4.69) is 5.32 Å². The lowest BCUT2D eigenvalue weighted by atomic mass is 9.95. The highest BCUT2D eigenvalue weighted by atomic mass is 35.5. The molecule has 0 bridgehead atoms. The lowest BCUT2D eigenvalue weighted by Gasteiger charge is -2.33. The van der Waals surface area contributed by atoms with Crippen LogP contribution in [0, 0.1) is 0 Å². The Morgan fingerprint density at radius 2 is 1.67 bits per heavy atom. The summed E-state index contributed by atoms with van der Waals surface area (Å²) in [5.41, 5.74) is 0.897. The van der Waals surface area contributed by atoms with Gasteiger partial charge in [-0.3, -0.25) is 13.9 Å². The number of nitrogens with zero attached hydrogens (tertiary/aromatic N) is 2. The molecule has 1 aliphatic carbocycles. The zero-order chi connectivity index (χ0) is 30.3. The molecular formula is C31H35Cl2N3O5S. The van der Waals surface area contributed by atoms with Crippen LogP contribution < -0.4 is 14.4 Å². The average Bonchev–Trinajstić information content (AvgIpc) is 3.00. The first-order valence-corrected chi connectivity index (χ1v) is 16.1. The Morgan fingerprint density at radius 1 is 0.952 bits per heavy atom. The highest BCUT2D eigenvalue weighted by Crippen LogP contribution is 2.31. The maximum Gasteiger partial charge on any atom is 0.264 e. The van der Waals surface area contributed by atoms with Gasteiger partial charge in [0.2, 0.25) is 11.8 Å². The first kappa shape index (κ1) is 31.7. The summed E-state index contributed by atoms with van der Waals surface area (Å²) in [6, 6.07) is 18.6. The molecule has 0 spiro atoms. The van der Waals surface area contributed by atoms with Gasteiger partial charge in [-0.25, -0.2) is 8.42 Å². The molecule has 0 aliphatic heterocycles. The number of rotatable bonds is 11. The molecule has 11 heteroatoms. The van der Waals surface area contributed by atoms with Gasteiger partial charge in [-0.15, -0.1) is 0 Å². The van der Waals surface area contributed by atoms with Crippen molar-refractivity contribution in [2.45, 2.75) is 62.6 Å². The number of hydrogen-bond acceptors (Lipinski definition) is 5. The molecule has 0 aromatic heterocycles. The van der Waals surface area contributed by atoms with Crippen LogP contribution in [0.15, 0.2) is 77.7 Å². The maximum atomic E-state index is 14.1. The third-order valence-corrected chi connectivity index (χ3v) is 9.93. The van der Waals surface area contributed by atoms with Gasteiger partial charge in [-0.1, -0.05) is 72.8 Å². The number of nitrogens with one attached hydrogen (secondary N) is 1. The Kier molecular flexibility index (Phi) is 10.8. The average molecular weight is 633 g/mol. The van der Waals surface area contributed by atoms with Gasteiger partial charge in [0.15, 0.2) is 0 Å². The van der Waals surface area contributed by atoms with Crippen molar-refractivity contribution in [3.8, 4) is 5.75 Å². The topological polar surface area (TPSA) is 96.0 Å². The number of anilines is 1. The Labute approximate surface area is 257 Å². The summed E-state index contributed by atoms with van der Waals surface area (Å²) in [5.74, 6) is -0.247. The SMILES string of the molecule is COc1cccc(CN(C(=O)CN(c2ccc(Cl)c(Cl)c2)S(=O)(=O)c2ccccc2)[C@H](C)C(=O)NC2CCCCC2)c1. The molecule has 1 atom stereocenters. The highest BCUT2D eigenvalue weighted by molar-refractivity contribution is 7.92. The third-order valence-electron chi connectivity index (χ3n) is 7.41. The summed E-state index contributed by atoms with van der Waals surface area (Å²) in [6.07, 6.45) is 5.01. The highest BCUT2D eigenvalue weighted by Gasteiger charge is 2.33. The van der Waals surface area contributed by atoms with Crippen LogP contribution in [-0.4, -0.2) is 50.9 Å². The number of carbonyl (C=O) groups is 2. The molecule has 3 aromatic rings. The molecule has 4 rings (SSSR count). The second kappa shape index (κ2) is 14.3. The lowest BCUT2D eigenvalue weighted by molar-refractivity contribution is -0.139. The van der Waals surface area contributed by atoms with Gasteiger partial charge in [0.1, 0.15) is 18.3 Å². The molecule has 8 nitrogen and oxygen atoms in total. The second-order valence-electron chi connectivity index (χ2n) is 10.3. The van der Waals surface area contributed by atoms with Gasteiger partial charge in [-0.05, 0) is 67.8 Å². The van der Waals surface area contributed by atoms with Gasteiger partial charge < -0.3 is 15.0 Å². The molecular weight excluding hydrogens is 597 g/mol. The van der Waals surface area contributed by atoms with Crippen molar-refractivity contribution >= 4 is 50.7 Å². The lowest BCUT2D eigenvalue weighted by Crippen LogP contribution is -2.53. The van der Waals surface area contributed by atoms with Crippen LogP contribution in [0.2, 0.25) is 10.0 Å². The largest absolute Gasteiger partial charge is 0.497 e. The molecule has 1 fully saturated rings. The second-order valence-corrected chi connectivity index (χ2v) is 13.0. The first-order valence-electron chi connectivity index (χ1n) is 13.9. The number of methoxy groups -OCH3 is 1. The molecule has 1 aliphatic rings. The minimum atomic E-state index is -4.20. The van der Waals surface area contributed by atoms with E-state index in [4.69, 9.17) is 27.9 Å². The number of halogens is 2. The van der Waals surface area contributed by atoms with Crippen molar-refractivity contribution in [2.75, 3.05) is 18.0 Å². The smallest absolute Gasteiger partial charge is 0.264 e. The minimum absolute atomic E-state index is 0.00584. The number of carbonyl (C=O) groups excluding carboxylic acids is 2. The van der Waals surface area contributed by atoms with E-state index in [1.54, 1.807) is 50.4 Å². The minimum Gasteiger partial charge on any atom is -0.497 e. The normalized spacial score (nSPS) is 14.6. The fourth-order valence-corrected chi connectivity index (χ4v) is 6.73. The summed E-state index contributed by atoms with van der Waals surface area (Å²) in [5, 5.41) is 3.48. The van der Waals surface area contributed by atoms with Crippen LogP contribution in [0.1, 0.15) is 44.6 Å². The Bertz CT molecular complexity index is 1500. The van der Waals surface area contributed by atoms with Crippen LogP contribution in [-0.2, 0) is 26.2 Å². The molecule has 0 heterocycles. The van der Waals surface area contributed by atoms with Crippen molar-refractivity contribution in [1.82, 2.24) is 10.2 Å². The van der Waals surface area contributed by atoms with Crippen molar-refractivity contribution in [3.63, 3.8) is 0 Å². The Balaban J connectivity index is 1.69. The molecule has 3 aromatic carbocycles. The van der Waals surface area contributed by atoms with Crippen molar-refractivity contribution < 1.29 is 22.7 Å². The van der Waals surface area contributed by atoms with E-state index in [0.717, 1.165) is 42.0 Å². The van der Waals surface area contributed by atoms with Gasteiger partial charge in [0.05, 0.1) is 27.7 Å². The standard InChI is InChI=1S/C31H35Cl2N3O5S/c1-22(31(38)34-24-11-5-3-6-12-24)35(20-23-10-9-13-26(18-23)41-2)30(37)21-36(25-16-17-28(32)29(33)19-25)42(39,40)27-14-7-4-8-15-27/h4,7-10,13-19,22,24H,3,5-6,11-12,20-21H2,1-2H3,(H,34,38)/t22-/m1/s1. The van der Waals surface area contributed by atoms with E-state index < -0.39 is 28.5 Å². The number of amides is 2. The number of benzene rings is 3. The fourth-order valence-electron chi connectivity index (χ4n) is 5.01. The maximum absolute atomic E-state index is 14.1. The van der Waals surface area contributed by atoms with Gasteiger partial charge in [-0.2, -0.15) is 0 Å². The van der Waals surface area contributed by atoms with E-state index >= 15 is 0 Å². The van der Waals surface area contributed by atoms with E-state index in [-0.39, 0.29) is 39.1 Å². The van der Waals surface area contributed by atoms with Crippen LogP contribution >= 0.6 is 23.2 Å². The van der Waals surface area contributed by atoms with Gasteiger partial charge in [0, 0.05) is 12.6 Å². The van der Waals surface area contributed by atoms with Gasteiger partial charge in [0.25, 0.3) is 10.0 Å². The number of sulfonamides is 1. The predicted molar refractivity (Wildman–Crippen MR) is 165 cm³/mol. The van der Waals surface area contributed by atoms with E-state index in [9.17, 15) is 18.0 Å². The van der Waals surface area contributed by atoms with Crippen molar-refractivity contribution in [3.05, 3.63) is 88.4 Å². The van der Waals surface area contributed by atoms with Crippen LogP contribution in [0.5, 0.6) is 5.75 Å². The van der Waals surface area contributed by atoms with Crippen LogP contribution in [0.4, 0.5) is 5.69 Å². The zero-order valence-corrected chi connectivity index (χ0v) is 26.0. The summed E-state index contributed by atoms with van der Waals surface area (Å²) in [6.45, 7) is 1.15. The fraction of sp³-hybridized carbons (Fsp3) is 0.355. The van der Waals surface area contributed by atoms with Gasteiger partial charge >= 0.3 is 0 Å². The van der Waals surface area contributed by atoms with Crippen molar-refractivity contribution in [2.24, 2.45) is 0 Å². The van der Waals surface area contributed by atoms with E-state index in [0.29, 0.717) is 5.75 Å². The predicted octanol–water partition coefficient (Wildman–Crippen LogP) is 6.06. The Hall–Kier alpha value is -3.27. The summed E-state index contributed by atoms with van der Waals surface area (Å²) in [7, 11) is -2.65.